The van der Waals surface area contributed by atoms with Gasteiger partial charge in [-0.05, 0) is 18.1 Å². The van der Waals surface area contributed by atoms with E-state index in [0.717, 1.165) is 0 Å². The second-order valence-corrected chi connectivity index (χ2v) is 5.87. The zero-order chi connectivity index (χ0) is 14.9. The first-order chi connectivity index (χ1) is 9.33. The van der Waals surface area contributed by atoms with Crippen molar-refractivity contribution in [2.45, 2.75) is 25.7 Å². The summed E-state index contributed by atoms with van der Waals surface area (Å²) in [7, 11) is 0. The SMILES string of the molecule is CC(C)(CNC(=O)[C@H]1C[C@@H]1C(=O)O)c1ccccc1F. The van der Waals surface area contributed by atoms with E-state index < -0.39 is 23.2 Å². The fraction of sp³-hybridized carbons (Fsp3) is 0.467. The van der Waals surface area contributed by atoms with E-state index in [1.165, 1.54) is 6.07 Å². The highest BCUT2D eigenvalue weighted by molar-refractivity contribution is 5.89. The minimum absolute atomic E-state index is 0.262. The number of hydrogen-bond acceptors (Lipinski definition) is 2. The first kappa shape index (κ1) is 14.5. The smallest absolute Gasteiger partial charge is 0.307 e. The number of carbonyl (C=O) groups is 2. The lowest BCUT2D eigenvalue weighted by Gasteiger charge is -2.26. The minimum atomic E-state index is -0.932. The van der Waals surface area contributed by atoms with E-state index >= 15 is 0 Å². The highest BCUT2D eigenvalue weighted by atomic mass is 19.1. The maximum atomic E-state index is 13.8. The summed E-state index contributed by atoms with van der Waals surface area (Å²) in [5, 5.41) is 11.5. The number of rotatable bonds is 5. The normalized spacial score (nSPS) is 21.4. The molecule has 20 heavy (non-hydrogen) atoms. The molecule has 2 atom stereocenters. The molecular formula is C15H18FNO3. The predicted octanol–water partition coefficient (Wildman–Crippen LogP) is 1.94. The highest BCUT2D eigenvalue weighted by Gasteiger charge is 2.48. The van der Waals surface area contributed by atoms with Gasteiger partial charge in [0.1, 0.15) is 5.82 Å². The van der Waals surface area contributed by atoms with Crippen molar-refractivity contribution in [1.29, 1.82) is 0 Å². The van der Waals surface area contributed by atoms with Gasteiger partial charge in [-0.3, -0.25) is 9.59 Å². The van der Waals surface area contributed by atoms with Crippen LogP contribution in [0.2, 0.25) is 0 Å². The molecule has 0 unspecified atom stereocenters. The lowest BCUT2D eigenvalue weighted by atomic mass is 9.84. The van der Waals surface area contributed by atoms with Crippen LogP contribution in [0.5, 0.6) is 0 Å². The van der Waals surface area contributed by atoms with Gasteiger partial charge >= 0.3 is 5.97 Å². The summed E-state index contributed by atoms with van der Waals surface area (Å²) in [5.74, 6) is -2.50. The fourth-order valence-electron chi connectivity index (χ4n) is 2.30. The Kier molecular flexibility index (Phi) is 3.79. The third kappa shape index (κ3) is 2.98. The van der Waals surface area contributed by atoms with E-state index in [2.05, 4.69) is 5.32 Å². The average Bonchev–Trinajstić information content (AvgIpc) is 3.16. The van der Waals surface area contributed by atoms with Crippen LogP contribution in [0.15, 0.2) is 24.3 Å². The van der Waals surface area contributed by atoms with Crippen molar-refractivity contribution in [1.82, 2.24) is 5.32 Å². The second kappa shape index (κ2) is 5.23. The molecule has 2 rings (SSSR count). The van der Waals surface area contributed by atoms with Crippen LogP contribution in [0.1, 0.15) is 25.8 Å². The second-order valence-electron chi connectivity index (χ2n) is 5.87. The number of hydrogen-bond donors (Lipinski definition) is 2. The van der Waals surface area contributed by atoms with E-state index in [0.29, 0.717) is 12.0 Å². The van der Waals surface area contributed by atoms with E-state index in [-0.39, 0.29) is 18.3 Å². The Morgan fingerprint density at radius 1 is 1.35 bits per heavy atom. The maximum Gasteiger partial charge on any atom is 0.307 e. The summed E-state index contributed by atoms with van der Waals surface area (Å²) in [5.41, 5.74) is -0.0138. The molecule has 0 aliphatic heterocycles. The summed E-state index contributed by atoms with van der Waals surface area (Å²) in [6.07, 6.45) is 0.390. The van der Waals surface area contributed by atoms with Gasteiger partial charge in [0, 0.05) is 12.0 Å². The molecule has 0 saturated heterocycles. The predicted molar refractivity (Wildman–Crippen MR) is 71.7 cm³/mol. The fourth-order valence-corrected chi connectivity index (χ4v) is 2.30. The lowest BCUT2D eigenvalue weighted by Crippen LogP contribution is -2.38. The molecule has 2 N–H and O–H groups in total. The number of aliphatic carboxylic acids is 1. The van der Waals surface area contributed by atoms with Crippen LogP contribution in [0.4, 0.5) is 4.39 Å². The summed E-state index contributed by atoms with van der Waals surface area (Å²) in [6, 6.07) is 6.46. The van der Waals surface area contributed by atoms with Gasteiger partial charge in [0.2, 0.25) is 5.91 Å². The third-order valence-corrected chi connectivity index (χ3v) is 3.75. The molecule has 4 nitrogen and oxygen atoms in total. The van der Waals surface area contributed by atoms with E-state index in [9.17, 15) is 14.0 Å². The standard InChI is InChI=1S/C15H18FNO3/c1-15(2,11-5-3-4-6-12(11)16)8-17-13(18)9-7-10(9)14(19)20/h3-6,9-10H,7-8H2,1-2H3,(H,17,18)(H,19,20)/t9-,10-/m0/s1. The Balaban J connectivity index is 1.95. The molecule has 1 aliphatic carbocycles. The average molecular weight is 279 g/mol. The number of nitrogens with one attached hydrogen (secondary N) is 1. The van der Waals surface area contributed by atoms with Crippen molar-refractivity contribution >= 4 is 11.9 Å². The van der Waals surface area contributed by atoms with Gasteiger partial charge in [-0.25, -0.2) is 4.39 Å². The summed E-state index contributed by atoms with van der Waals surface area (Å²) >= 11 is 0. The number of carbonyl (C=O) groups excluding carboxylic acids is 1. The van der Waals surface area contributed by atoms with Crippen molar-refractivity contribution in [3.63, 3.8) is 0 Å². The molecule has 1 amide bonds. The first-order valence-corrected chi connectivity index (χ1v) is 6.58. The summed E-state index contributed by atoms with van der Waals surface area (Å²) in [4.78, 5) is 22.5. The molecule has 0 aromatic heterocycles. The van der Waals surface area contributed by atoms with Crippen LogP contribution in [-0.4, -0.2) is 23.5 Å². The number of carboxylic acid groups (broad SMARTS) is 1. The zero-order valence-corrected chi connectivity index (χ0v) is 11.5. The van der Waals surface area contributed by atoms with E-state index in [1.807, 2.05) is 13.8 Å². The largest absolute Gasteiger partial charge is 0.481 e. The van der Waals surface area contributed by atoms with Crippen molar-refractivity contribution in [3.05, 3.63) is 35.6 Å². The van der Waals surface area contributed by atoms with Gasteiger partial charge in [0.05, 0.1) is 11.8 Å². The Morgan fingerprint density at radius 2 is 2.00 bits per heavy atom. The first-order valence-electron chi connectivity index (χ1n) is 6.58. The molecule has 1 aromatic carbocycles. The van der Waals surface area contributed by atoms with E-state index in [1.54, 1.807) is 18.2 Å². The molecule has 1 fully saturated rings. The highest BCUT2D eigenvalue weighted by Crippen LogP contribution is 2.38. The van der Waals surface area contributed by atoms with Crippen LogP contribution in [0.3, 0.4) is 0 Å². The number of benzene rings is 1. The third-order valence-electron chi connectivity index (χ3n) is 3.75. The van der Waals surface area contributed by atoms with Gasteiger partial charge in [0.25, 0.3) is 0 Å². The lowest BCUT2D eigenvalue weighted by molar-refractivity contribution is -0.140. The summed E-state index contributed by atoms with van der Waals surface area (Å²) in [6.45, 7) is 3.95. The van der Waals surface area contributed by atoms with Crippen LogP contribution >= 0.6 is 0 Å². The molecule has 0 spiro atoms. The topological polar surface area (TPSA) is 66.4 Å². The molecular weight excluding hydrogens is 261 g/mol. The van der Waals surface area contributed by atoms with Gasteiger partial charge in [-0.2, -0.15) is 0 Å². The van der Waals surface area contributed by atoms with Crippen molar-refractivity contribution in [2.75, 3.05) is 6.54 Å². The van der Waals surface area contributed by atoms with Crippen LogP contribution in [0, 0.1) is 17.7 Å². The van der Waals surface area contributed by atoms with Crippen molar-refractivity contribution in [2.24, 2.45) is 11.8 Å². The maximum absolute atomic E-state index is 13.8. The van der Waals surface area contributed by atoms with Crippen LogP contribution in [0.25, 0.3) is 0 Å². The van der Waals surface area contributed by atoms with Crippen LogP contribution < -0.4 is 5.32 Å². The van der Waals surface area contributed by atoms with Crippen molar-refractivity contribution in [3.8, 4) is 0 Å². The molecule has 1 aliphatic rings. The Morgan fingerprint density at radius 3 is 2.55 bits per heavy atom. The van der Waals surface area contributed by atoms with Crippen molar-refractivity contribution < 1.29 is 19.1 Å². The molecule has 108 valence electrons. The molecule has 0 heterocycles. The zero-order valence-electron chi connectivity index (χ0n) is 11.5. The minimum Gasteiger partial charge on any atom is -0.481 e. The van der Waals surface area contributed by atoms with Gasteiger partial charge < -0.3 is 10.4 Å². The quantitative estimate of drug-likeness (QED) is 0.865. The van der Waals surface area contributed by atoms with Gasteiger partial charge in [-0.1, -0.05) is 32.0 Å². The number of halogens is 1. The van der Waals surface area contributed by atoms with E-state index in [4.69, 9.17) is 5.11 Å². The van der Waals surface area contributed by atoms with Gasteiger partial charge in [-0.15, -0.1) is 0 Å². The molecule has 0 radical (unpaired) electrons. The Bertz CT molecular complexity index is 542. The molecule has 1 saturated carbocycles. The van der Waals surface area contributed by atoms with Crippen LogP contribution in [-0.2, 0) is 15.0 Å². The monoisotopic (exact) mass is 279 g/mol. The van der Waals surface area contributed by atoms with Gasteiger partial charge in [0.15, 0.2) is 0 Å². The molecule has 0 bridgehead atoms. The summed E-state index contributed by atoms with van der Waals surface area (Å²) < 4.78 is 13.8. The molecule has 5 heteroatoms. The number of amides is 1. The Labute approximate surface area is 117 Å². The number of carboxylic acids is 1. The molecule has 1 aromatic rings. The Hall–Kier alpha value is -1.91.